The number of anilines is 1. The average Bonchev–Trinajstić information content (AvgIpc) is 2.37. The van der Waals surface area contributed by atoms with Crippen LogP contribution in [0, 0.1) is 0 Å². The number of rotatable bonds is 3. The molecule has 1 N–H and O–H groups in total. The zero-order chi connectivity index (χ0) is 13.9. The third-order valence-electron chi connectivity index (χ3n) is 3.16. The quantitative estimate of drug-likeness (QED) is 0.770. The Morgan fingerprint density at radius 2 is 1.45 bits per heavy atom. The lowest BCUT2D eigenvalue weighted by Crippen LogP contribution is -2.10. The second kappa shape index (κ2) is 7.01. The van der Waals surface area contributed by atoms with Crippen molar-refractivity contribution in [2.24, 2.45) is 0 Å². The van der Waals surface area contributed by atoms with Gasteiger partial charge in [-0.3, -0.25) is 0 Å². The molecule has 3 heteroatoms. The van der Waals surface area contributed by atoms with Gasteiger partial charge in [0.15, 0.2) is 0 Å². The zero-order valence-electron chi connectivity index (χ0n) is 12.1. The summed E-state index contributed by atoms with van der Waals surface area (Å²) in [6.45, 7) is 7.49. The van der Waals surface area contributed by atoms with E-state index in [1.807, 2.05) is 24.3 Å². The van der Waals surface area contributed by atoms with Gasteiger partial charge in [-0.05, 0) is 40.8 Å². The maximum Gasteiger partial charge on any atom is 0.0406 e. The van der Waals surface area contributed by atoms with E-state index in [0.29, 0.717) is 0 Å². The molecule has 0 atom stereocenters. The predicted molar refractivity (Wildman–Crippen MR) is 91.2 cm³/mol. The molecule has 0 amide bonds. The normalized spacial score (nSPS) is 10.8. The molecule has 0 saturated heterocycles. The van der Waals surface area contributed by atoms with Crippen molar-refractivity contribution in [1.82, 2.24) is 0 Å². The van der Waals surface area contributed by atoms with Gasteiger partial charge in [0.1, 0.15) is 0 Å². The van der Waals surface area contributed by atoms with Crippen LogP contribution in [0.3, 0.4) is 0 Å². The minimum Gasteiger partial charge on any atom is -0.381 e. The Bertz CT molecular complexity index is 524. The molecule has 2 rings (SSSR count). The SMILES string of the molecule is CC(C)(C)c1ccc(NCc2ccc(Cl)cc2)cc1.Cl. The van der Waals surface area contributed by atoms with Crippen LogP contribution in [0.2, 0.25) is 5.02 Å². The largest absolute Gasteiger partial charge is 0.381 e. The van der Waals surface area contributed by atoms with Gasteiger partial charge >= 0.3 is 0 Å². The molecule has 0 unspecified atom stereocenters. The fourth-order valence-electron chi connectivity index (χ4n) is 1.89. The van der Waals surface area contributed by atoms with E-state index in [1.165, 1.54) is 11.1 Å². The molecule has 1 nitrogen and oxygen atoms in total. The monoisotopic (exact) mass is 309 g/mol. The summed E-state index contributed by atoms with van der Waals surface area (Å²) in [6, 6.07) is 16.6. The molecule has 2 aromatic rings. The van der Waals surface area contributed by atoms with Gasteiger partial charge in [-0.25, -0.2) is 0 Å². The molecule has 0 radical (unpaired) electrons. The summed E-state index contributed by atoms with van der Waals surface area (Å²) in [7, 11) is 0. The van der Waals surface area contributed by atoms with Crippen molar-refractivity contribution in [2.75, 3.05) is 5.32 Å². The van der Waals surface area contributed by atoms with Crippen molar-refractivity contribution in [1.29, 1.82) is 0 Å². The van der Waals surface area contributed by atoms with E-state index in [1.54, 1.807) is 0 Å². The molecule has 0 aliphatic carbocycles. The van der Waals surface area contributed by atoms with Gasteiger partial charge in [0.05, 0.1) is 0 Å². The highest BCUT2D eigenvalue weighted by Crippen LogP contribution is 2.23. The summed E-state index contributed by atoms with van der Waals surface area (Å²) in [4.78, 5) is 0. The lowest BCUT2D eigenvalue weighted by molar-refractivity contribution is 0.590. The van der Waals surface area contributed by atoms with Crippen molar-refractivity contribution in [3.63, 3.8) is 0 Å². The molecule has 0 aliphatic rings. The molecular weight excluding hydrogens is 289 g/mol. The first kappa shape index (κ1) is 16.9. The van der Waals surface area contributed by atoms with Crippen LogP contribution < -0.4 is 5.32 Å². The van der Waals surface area contributed by atoms with E-state index < -0.39 is 0 Å². The smallest absolute Gasteiger partial charge is 0.0406 e. The first-order valence-electron chi connectivity index (χ1n) is 6.54. The van der Waals surface area contributed by atoms with Crippen LogP contribution in [0.4, 0.5) is 5.69 Å². The second-order valence-corrected chi connectivity index (χ2v) is 6.24. The lowest BCUT2D eigenvalue weighted by atomic mass is 9.87. The topological polar surface area (TPSA) is 12.0 Å². The highest BCUT2D eigenvalue weighted by Gasteiger charge is 2.12. The average molecular weight is 310 g/mol. The molecule has 0 aromatic heterocycles. The number of halogens is 2. The molecule has 0 aliphatic heterocycles. The van der Waals surface area contributed by atoms with Crippen molar-refractivity contribution in [3.8, 4) is 0 Å². The third kappa shape index (κ3) is 4.73. The Labute approximate surface area is 132 Å². The second-order valence-electron chi connectivity index (χ2n) is 5.81. The fourth-order valence-corrected chi connectivity index (χ4v) is 2.02. The van der Waals surface area contributed by atoms with Crippen LogP contribution in [0.15, 0.2) is 48.5 Å². The Morgan fingerprint density at radius 1 is 0.900 bits per heavy atom. The van der Waals surface area contributed by atoms with E-state index in [2.05, 4.69) is 50.4 Å². The Morgan fingerprint density at radius 3 is 1.95 bits per heavy atom. The number of hydrogen-bond donors (Lipinski definition) is 1. The molecule has 0 fully saturated rings. The highest BCUT2D eigenvalue weighted by atomic mass is 35.5. The first-order chi connectivity index (χ1) is 8.95. The van der Waals surface area contributed by atoms with Gasteiger partial charge in [-0.15, -0.1) is 12.4 Å². The van der Waals surface area contributed by atoms with Crippen LogP contribution in [0.25, 0.3) is 0 Å². The van der Waals surface area contributed by atoms with Gasteiger partial charge in [0, 0.05) is 17.3 Å². The minimum absolute atomic E-state index is 0. The summed E-state index contributed by atoms with van der Waals surface area (Å²) >= 11 is 5.87. The van der Waals surface area contributed by atoms with Crippen LogP contribution >= 0.6 is 24.0 Å². The van der Waals surface area contributed by atoms with Crippen molar-refractivity contribution >= 4 is 29.7 Å². The Balaban J connectivity index is 0.00000200. The summed E-state index contributed by atoms with van der Waals surface area (Å²) < 4.78 is 0. The number of nitrogens with one attached hydrogen (secondary N) is 1. The van der Waals surface area contributed by atoms with Crippen molar-refractivity contribution < 1.29 is 0 Å². The fraction of sp³-hybridized carbons (Fsp3) is 0.294. The molecule has 0 heterocycles. The van der Waals surface area contributed by atoms with E-state index in [9.17, 15) is 0 Å². The number of hydrogen-bond acceptors (Lipinski definition) is 1. The maximum atomic E-state index is 5.87. The van der Waals surface area contributed by atoms with Gasteiger partial charge < -0.3 is 5.32 Å². The van der Waals surface area contributed by atoms with E-state index in [-0.39, 0.29) is 17.8 Å². The molecule has 0 bridgehead atoms. The maximum absolute atomic E-state index is 5.87. The van der Waals surface area contributed by atoms with Crippen LogP contribution in [0.1, 0.15) is 31.9 Å². The molecule has 108 valence electrons. The van der Waals surface area contributed by atoms with E-state index >= 15 is 0 Å². The predicted octanol–water partition coefficient (Wildman–Crippen LogP) is 5.67. The van der Waals surface area contributed by atoms with Crippen molar-refractivity contribution in [3.05, 3.63) is 64.7 Å². The Kier molecular flexibility index (Phi) is 5.91. The van der Waals surface area contributed by atoms with E-state index in [4.69, 9.17) is 11.6 Å². The zero-order valence-corrected chi connectivity index (χ0v) is 13.7. The van der Waals surface area contributed by atoms with Gasteiger partial charge in [0.2, 0.25) is 0 Å². The number of benzene rings is 2. The minimum atomic E-state index is 0. The first-order valence-corrected chi connectivity index (χ1v) is 6.92. The Hall–Kier alpha value is -1.18. The molecule has 0 spiro atoms. The lowest BCUT2D eigenvalue weighted by Gasteiger charge is -2.19. The summed E-state index contributed by atoms with van der Waals surface area (Å²) in [5.74, 6) is 0. The van der Waals surface area contributed by atoms with Gasteiger partial charge in [-0.1, -0.05) is 56.6 Å². The van der Waals surface area contributed by atoms with Gasteiger partial charge in [0.25, 0.3) is 0 Å². The molecule has 0 saturated carbocycles. The summed E-state index contributed by atoms with van der Waals surface area (Å²) in [5, 5.41) is 4.19. The summed E-state index contributed by atoms with van der Waals surface area (Å²) in [6.07, 6.45) is 0. The standard InChI is InChI=1S/C17H20ClN.ClH/c1-17(2,3)14-6-10-16(11-7-14)19-12-13-4-8-15(18)9-5-13;/h4-11,19H,12H2,1-3H3;1H. The molecular formula is C17H21Cl2N. The van der Waals surface area contributed by atoms with Crippen LogP contribution in [-0.2, 0) is 12.0 Å². The molecule has 2 aromatic carbocycles. The molecule has 20 heavy (non-hydrogen) atoms. The van der Waals surface area contributed by atoms with E-state index in [0.717, 1.165) is 17.3 Å². The third-order valence-corrected chi connectivity index (χ3v) is 3.41. The van der Waals surface area contributed by atoms with Crippen LogP contribution in [0.5, 0.6) is 0 Å². The highest BCUT2D eigenvalue weighted by molar-refractivity contribution is 6.30. The van der Waals surface area contributed by atoms with Crippen LogP contribution in [-0.4, -0.2) is 0 Å². The van der Waals surface area contributed by atoms with Gasteiger partial charge in [-0.2, -0.15) is 0 Å². The summed E-state index contributed by atoms with van der Waals surface area (Å²) in [5.41, 5.74) is 3.92. The van der Waals surface area contributed by atoms with Crippen molar-refractivity contribution in [2.45, 2.75) is 32.7 Å².